The van der Waals surface area contributed by atoms with Gasteiger partial charge >= 0.3 is 6.16 Å². The van der Waals surface area contributed by atoms with Gasteiger partial charge in [-0.1, -0.05) is 13.0 Å². The number of ether oxygens (including phenoxy) is 2. The van der Waals surface area contributed by atoms with E-state index in [1.165, 1.54) is 12.1 Å². The van der Waals surface area contributed by atoms with Gasteiger partial charge in [-0.2, -0.15) is 0 Å². The number of benzene rings is 2. The number of rotatable bonds is 6. The molecule has 0 aliphatic rings. The Morgan fingerprint density at radius 2 is 2.04 bits per heavy atom. The molecule has 0 atom stereocenters. The summed E-state index contributed by atoms with van der Waals surface area (Å²) in [7, 11) is 0. The second-order valence-corrected chi connectivity index (χ2v) is 5.60. The van der Waals surface area contributed by atoms with Crippen LogP contribution in [0.5, 0.6) is 11.5 Å². The Bertz CT molecular complexity index is 904. The Kier molecular flexibility index (Phi) is 4.88. The van der Waals surface area contributed by atoms with Crippen molar-refractivity contribution in [3.8, 4) is 11.5 Å². The molecule has 1 N–H and O–H groups in total. The number of carboxylic acid groups (broad SMARTS) is 1. The molecule has 0 spiro atoms. The van der Waals surface area contributed by atoms with Gasteiger partial charge in [0.2, 0.25) is 0 Å². The van der Waals surface area contributed by atoms with Crippen LogP contribution >= 0.6 is 0 Å². The van der Waals surface area contributed by atoms with E-state index in [0.29, 0.717) is 24.3 Å². The van der Waals surface area contributed by atoms with Crippen molar-refractivity contribution in [2.45, 2.75) is 19.9 Å². The first-order valence-corrected chi connectivity index (χ1v) is 7.98. The summed E-state index contributed by atoms with van der Waals surface area (Å²) >= 11 is 0. The van der Waals surface area contributed by atoms with Gasteiger partial charge in [0, 0.05) is 17.1 Å². The summed E-state index contributed by atoms with van der Waals surface area (Å²) in [5.41, 5.74) is 1.51. The predicted molar refractivity (Wildman–Crippen MR) is 91.9 cm³/mol. The lowest BCUT2D eigenvalue weighted by Gasteiger charge is -2.13. The fraction of sp³-hybridized carbons (Fsp3) is 0.211. The number of nitrogens with zero attached hydrogens (tertiary/aromatic N) is 1. The van der Waals surface area contributed by atoms with E-state index in [4.69, 9.17) is 14.6 Å². The molecule has 0 bridgehead atoms. The molecule has 25 heavy (non-hydrogen) atoms. The lowest BCUT2D eigenvalue weighted by molar-refractivity contribution is 0.145. The molecule has 0 unspecified atom stereocenters. The molecule has 0 saturated heterocycles. The molecule has 3 aromatic rings. The zero-order chi connectivity index (χ0) is 17.8. The maximum atomic E-state index is 13.7. The van der Waals surface area contributed by atoms with Gasteiger partial charge < -0.3 is 19.1 Å². The number of aromatic nitrogens is 1. The molecule has 2 aromatic carbocycles. The fourth-order valence-corrected chi connectivity index (χ4v) is 2.72. The highest BCUT2D eigenvalue weighted by atomic mass is 19.1. The second-order valence-electron chi connectivity index (χ2n) is 5.60. The predicted octanol–water partition coefficient (Wildman–Crippen LogP) is 4.67. The quantitative estimate of drug-likeness (QED) is 0.522. The molecule has 0 saturated carbocycles. The zero-order valence-corrected chi connectivity index (χ0v) is 13.7. The van der Waals surface area contributed by atoms with Gasteiger partial charge in [-0.15, -0.1) is 0 Å². The first-order chi connectivity index (χ1) is 12.1. The van der Waals surface area contributed by atoms with E-state index < -0.39 is 6.16 Å². The highest BCUT2D eigenvalue weighted by molar-refractivity contribution is 5.88. The number of hydrogen-bond donors (Lipinski definition) is 1. The van der Waals surface area contributed by atoms with Crippen molar-refractivity contribution in [3.05, 3.63) is 60.0 Å². The Hall–Kier alpha value is -3.02. The topological polar surface area (TPSA) is 60.7 Å². The maximum Gasteiger partial charge on any atom is 0.511 e. The van der Waals surface area contributed by atoms with Crippen LogP contribution in [0.4, 0.5) is 9.18 Å². The van der Waals surface area contributed by atoms with Gasteiger partial charge in [-0.25, -0.2) is 9.18 Å². The van der Waals surface area contributed by atoms with Crippen molar-refractivity contribution in [2.24, 2.45) is 0 Å². The van der Waals surface area contributed by atoms with Crippen molar-refractivity contribution >= 4 is 17.1 Å². The van der Waals surface area contributed by atoms with Gasteiger partial charge in [-0.3, -0.25) is 0 Å². The Labute approximate surface area is 144 Å². The molecule has 5 nitrogen and oxygen atoms in total. The summed E-state index contributed by atoms with van der Waals surface area (Å²) in [6, 6.07) is 11.4. The van der Waals surface area contributed by atoms with E-state index in [9.17, 15) is 9.18 Å². The Morgan fingerprint density at radius 1 is 1.20 bits per heavy atom. The van der Waals surface area contributed by atoms with Gasteiger partial charge in [0.25, 0.3) is 0 Å². The van der Waals surface area contributed by atoms with E-state index in [2.05, 4.69) is 0 Å². The van der Waals surface area contributed by atoms with Crippen LogP contribution in [0.25, 0.3) is 10.9 Å². The van der Waals surface area contributed by atoms with Crippen LogP contribution in [0.2, 0.25) is 0 Å². The number of halogens is 1. The molecule has 0 aliphatic carbocycles. The standard InChI is InChI=1S/C19H18FNO4/c1-2-10-24-17-7-6-14(20)11-13(17)12-21-9-8-15-16(21)4-3-5-18(15)25-19(22)23/h3-9,11H,2,10,12H2,1H3,(H,22,23). The average molecular weight is 343 g/mol. The van der Waals surface area contributed by atoms with Crippen LogP contribution in [0, 0.1) is 5.82 Å². The minimum atomic E-state index is -1.36. The third-order valence-electron chi connectivity index (χ3n) is 3.80. The first-order valence-electron chi connectivity index (χ1n) is 7.98. The van der Waals surface area contributed by atoms with Crippen molar-refractivity contribution < 1.29 is 23.8 Å². The largest absolute Gasteiger partial charge is 0.511 e. The molecule has 1 aromatic heterocycles. The van der Waals surface area contributed by atoms with E-state index in [1.54, 1.807) is 24.3 Å². The number of hydrogen-bond acceptors (Lipinski definition) is 3. The van der Waals surface area contributed by atoms with Crippen molar-refractivity contribution in [1.82, 2.24) is 4.57 Å². The highest BCUT2D eigenvalue weighted by Gasteiger charge is 2.12. The minimum Gasteiger partial charge on any atom is -0.493 e. The molecule has 1 heterocycles. The highest BCUT2D eigenvalue weighted by Crippen LogP contribution is 2.29. The van der Waals surface area contributed by atoms with Crippen LogP contribution < -0.4 is 9.47 Å². The van der Waals surface area contributed by atoms with Crippen LogP contribution in [0.15, 0.2) is 48.7 Å². The summed E-state index contributed by atoms with van der Waals surface area (Å²) in [5, 5.41) is 9.51. The fourth-order valence-electron chi connectivity index (χ4n) is 2.72. The third kappa shape index (κ3) is 3.74. The van der Waals surface area contributed by atoms with E-state index in [0.717, 1.165) is 17.5 Å². The number of carbonyl (C=O) groups is 1. The van der Waals surface area contributed by atoms with Crippen LogP contribution in [0.3, 0.4) is 0 Å². The van der Waals surface area contributed by atoms with Gasteiger partial charge in [0.05, 0.1) is 18.7 Å². The smallest absolute Gasteiger partial charge is 0.493 e. The summed E-state index contributed by atoms with van der Waals surface area (Å²) in [4.78, 5) is 10.8. The molecule has 0 amide bonds. The SMILES string of the molecule is CCCOc1ccc(F)cc1Cn1ccc2c(OC(=O)O)cccc21. The lowest BCUT2D eigenvalue weighted by Crippen LogP contribution is -2.05. The van der Waals surface area contributed by atoms with E-state index in [1.807, 2.05) is 23.8 Å². The van der Waals surface area contributed by atoms with Crippen molar-refractivity contribution in [1.29, 1.82) is 0 Å². The summed E-state index contributed by atoms with van der Waals surface area (Å²) in [6.07, 6.45) is 1.31. The monoisotopic (exact) mass is 343 g/mol. The summed E-state index contributed by atoms with van der Waals surface area (Å²) < 4.78 is 26.1. The maximum absolute atomic E-state index is 13.7. The normalized spacial score (nSPS) is 10.8. The average Bonchev–Trinajstić information content (AvgIpc) is 2.98. The van der Waals surface area contributed by atoms with Crippen LogP contribution in [-0.2, 0) is 6.54 Å². The summed E-state index contributed by atoms with van der Waals surface area (Å²) in [5.74, 6) is 0.582. The molecule has 3 rings (SSSR count). The molecular weight excluding hydrogens is 325 g/mol. The first kappa shape index (κ1) is 16.8. The lowest BCUT2D eigenvalue weighted by atomic mass is 10.2. The van der Waals surface area contributed by atoms with Gasteiger partial charge in [0.1, 0.15) is 17.3 Å². The molecule has 130 valence electrons. The minimum absolute atomic E-state index is 0.269. The van der Waals surface area contributed by atoms with Crippen LogP contribution in [-0.4, -0.2) is 22.4 Å². The van der Waals surface area contributed by atoms with E-state index >= 15 is 0 Å². The van der Waals surface area contributed by atoms with E-state index in [-0.39, 0.29) is 11.6 Å². The molecule has 6 heteroatoms. The van der Waals surface area contributed by atoms with Gasteiger partial charge in [0.15, 0.2) is 0 Å². The zero-order valence-electron chi connectivity index (χ0n) is 13.7. The second kappa shape index (κ2) is 7.25. The Morgan fingerprint density at radius 3 is 2.80 bits per heavy atom. The molecular formula is C19H18FNO4. The molecule has 0 fully saturated rings. The van der Waals surface area contributed by atoms with Crippen molar-refractivity contribution in [3.63, 3.8) is 0 Å². The van der Waals surface area contributed by atoms with Crippen molar-refractivity contribution in [2.75, 3.05) is 6.61 Å². The van der Waals surface area contributed by atoms with Crippen LogP contribution in [0.1, 0.15) is 18.9 Å². The number of fused-ring (bicyclic) bond motifs is 1. The molecule has 0 radical (unpaired) electrons. The summed E-state index contributed by atoms with van der Waals surface area (Å²) in [6.45, 7) is 2.96. The molecule has 0 aliphatic heterocycles. The third-order valence-corrected chi connectivity index (χ3v) is 3.80. The Balaban J connectivity index is 1.96. The van der Waals surface area contributed by atoms with Gasteiger partial charge in [-0.05, 0) is 42.8 Å².